The van der Waals surface area contributed by atoms with E-state index in [9.17, 15) is 4.79 Å². The standard InChI is InChI=1S/C19H22N4O2/c24-18(16-4-8-20-9-5-16)23-11-12-25-19(15-23)6-2-10-22(14-19)17-3-1-7-21-13-17/h1,3-5,7-9,13H,2,6,10-12,14-15H2/t19-/m0/s1. The molecule has 0 radical (unpaired) electrons. The number of anilines is 1. The number of carbonyl (C=O) groups excluding carboxylic acids is 1. The van der Waals surface area contributed by atoms with Gasteiger partial charge in [0.15, 0.2) is 0 Å². The zero-order valence-electron chi connectivity index (χ0n) is 14.2. The number of carbonyl (C=O) groups is 1. The Labute approximate surface area is 147 Å². The van der Waals surface area contributed by atoms with Crippen molar-refractivity contribution >= 4 is 11.6 Å². The molecule has 2 aromatic heterocycles. The molecule has 2 aromatic rings. The van der Waals surface area contributed by atoms with Gasteiger partial charge in [0.25, 0.3) is 5.91 Å². The van der Waals surface area contributed by atoms with Crippen LogP contribution in [-0.2, 0) is 4.74 Å². The van der Waals surface area contributed by atoms with Crippen LogP contribution in [0.3, 0.4) is 0 Å². The molecule has 1 atom stereocenters. The molecule has 4 heterocycles. The highest BCUT2D eigenvalue weighted by Crippen LogP contribution is 2.31. The summed E-state index contributed by atoms with van der Waals surface area (Å²) >= 11 is 0. The fourth-order valence-corrected chi connectivity index (χ4v) is 3.80. The van der Waals surface area contributed by atoms with Gasteiger partial charge in [-0.25, -0.2) is 0 Å². The Kier molecular flexibility index (Phi) is 4.36. The lowest BCUT2D eigenvalue weighted by Crippen LogP contribution is -2.60. The Balaban J connectivity index is 1.51. The Morgan fingerprint density at radius 2 is 1.96 bits per heavy atom. The molecule has 2 saturated heterocycles. The van der Waals surface area contributed by atoms with Crippen LogP contribution < -0.4 is 4.90 Å². The number of aromatic nitrogens is 2. The number of ether oxygens (including phenoxy) is 1. The molecule has 2 aliphatic rings. The Bertz CT molecular complexity index is 721. The molecule has 2 aliphatic heterocycles. The van der Waals surface area contributed by atoms with E-state index in [1.54, 1.807) is 30.7 Å². The molecule has 0 aromatic carbocycles. The predicted molar refractivity (Wildman–Crippen MR) is 94.5 cm³/mol. The Morgan fingerprint density at radius 1 is 1.08 bits per heavy atom. The molecule has 4 rings (SSSR count). The van der Waals surface area contributed by atoms with Crippen LogP contribution in [0.25, 0.3) is 0 Å². The van der Waals surface area contributed by atoms with E-state index in [0.29, 0.717) is 25.3 Å². The highest BCUT2D eigenvalue weighted by atomic mass is 16.5. The third-order valence-electron chi connectivity index (χ3n) is 5.01. The summed E-state index contributed by atoms with van der Waals surface area (Å²) in [5.41, 5.74) is 1.50. The van der Waals surface area contributed by atoms with Crippen LogP contribution in [0.15, 0.2) is 49.1 Å². The molecule has 1 amide bonds. The van der Waals surface area contributed by atoms with Crippen molar-refractivity contribution in [3.8, 4) is 0 Å². The largest absolute Gasteiger partial charge is 0.369 e. The maximum absolute atomic E-state index is 12.8. The van der Waals surface area contributed by atoms with Crippen molar-refractivity contribution in [1.82, 2.24) is 14.9 Å². The fraction of sp³-hybridized carbons (Fsp3) is 0.421. The summed E-state index contributed by atoms with van der Waals surface area (Å²) in [6.07, 6.45) is 9.02. The molecule has 0 aliphatic carbocycles. The van der Waals surface area contributed by atoms with Gasteiger partial charge >= 0.3 is 0 Å². The first-order valence-electron chi connectivity index (χ1n) is 8.74. The minimum absolute atomic E-state index is 0.0589. The van der Waals surface area contributed by atoms with Crippen LogP contribution >= 0.6 is 0 Å². The summed E-state index contributed by atoms with van der Waals surface area (Å²) in [6, 6.07) is 7.58. The van der Waals surface area contributed by atoms with Gasteiger partial charge < -0.3 is 14.5 Å². The molecule has 0 N–H and O–H groups in total. The van der Waals surface area contributed by atoms with Crippen LogP contribution in [0, 0.1) is 0 Å². The van der Waals surface area contributed by atoms with E-state index >= 15 is 0 Å². The van der Waals surface area contributed by atoms with Gasteiger partial charge in [0.1, 0.15) is 5.60 Å². The Hall–Kier alpha value is -2.47. The smallest absolute Gasteiger partial charge is 0.254 e. The minimum atomic E-state index is -0.297. The highest BCUT2D eigenvalue weighted by molar-refractivity contribution is 5.94. The average molecular weight is 338 g/mol. The van der Waals surface area contributed by atoms with Gasteiger partial charge in [-0.05, 0) is 37.1 Å². The summed E-state index contributed by atoms with van der Waals surface area (Å²) in [4.78, 5) is 25.2. The van der Waals surface area contributed by atoms with Crippen LogP contribution in [0.5, 0.6) is 0 Å². The summed E-state index contributed by atoms with van der Waals surface area (Å²) in [7, 11) is 0. The van der Waals surface area contributed by atoms with Gasteiger partial charge in [0.05, 0.1) is 25.0 Å². The van der Waals surface area contributed by atoms with E-state index in [4.69, 9.17) is 4.74 Å². The monoisotopic (exact) mass is 338 g/mol. The summed E-state index contributed by atoms with van der Waals surface area (Å²) in [6.45, 7) is 3.63. The lowest BCUT2D eigenvalue weighted by molar-refractivity contribution is -0.105. The van der Waals surface area contributed by atoms with E-state index in [2.05, 4.69) is 20.9 Å². The van der Waals surface area contributed by atoms with Crippen molar-refractivity contribution in [2.24, 2.45) is 0 Å². The maximum Gasteiger partial charge on any atom is 0.254 e. The second-order valence-corrected chi connectivity index (χ2v) is 6.73. The Morgan fingerprint density at radius 3 is 2.76 bits per heavy atom. The topological polar surface area (TPSA) is 58.6 Å². The van der Waals surface area contributed by atoms with Crippen molar-refractivity contribution in [2.45, 2.75) is 18.4 Å². The second-order valence-electron chi connectivity index (χ2n) is 6.73. The van der Waals surface area contributed by atoms with E-state index < -0.39 is 0 Å². The zero-order valence-corrected chi connectivity index (χ0v) is 14.2. The number of hydrogen-bond donors (Lipinski definition) is 0. The SMILES string of the molecule is O=C(c1ccncc1)N1CCO[C@]2(CCCN(c3cccnc3)C2)C1. The number of piperidine rings is 1. The average Bonchev–Trinajstić information content (AvgIpc) is 2.69. The summed E-state index contributed by atoms with van der Waals surface area (Å²) in [5.74, 6) is 0.0589. The molecule has 130 valence electrons. The van der Waals surface area contributed by atoms with Crippen molar-refractivity contribution < 1.29 is 9.53 Å². The maximum atomic E-state index is 12.8. The van der Waals surface area contributed by atoms with Crippen LogP contribution in [0.2, 0.25) is 0 Å². The molecule has 0 unspecified atom stereocenters. The predicted octanol–water partition coefficient (Wildman–Crippen LogP) is 1.99. The third kappa shape index (κ3) is 3.35. The third-order valence-corrected chi connectivity index (χ3v) is 5.01. The first-order chi connectivity index (χ1) is 12.3. The molecule has 1 spiro atoms. The lowest BCUT2D eigenvalue weighted by Gasteiger charge is -2.48. The van der Waals surface area contributed by atoms with E-state index in [1.807, 2.05) is 17.2 Å². The number of amides is 1. The highest BCUT2D eigenvalue weighted by Gasteiger charge is 2.42. The van der Waals surface area contributed by atoms with Gasteiger partial charge in [-0.1, -0.05) is 0 Å². The molecule has 6 nitrogen and oxygen atoms in total. The van der Waals surface area contributed by atoms with Gasteiger partial charge in [-0.2, -0.15) is 0 Å². The van der Waals surface area contributed by atoms with Crippen LogP contribution in [0.4, 0.5) is 5.69 Å². The van der Waals surface area contributed by atoms with E-state index in [-0.39, 0.29) is 11.5 Å². The minimum Gasteiger partial charge on any atom is -0.369 e. The first-order valence-corrected chi connectivity index (χ1v) is 8.74. The fourth-order valence-electron chi connectivity index (χ4n) is 3.80. The van der Waals surface area contributed by atoms with Crippen LogP contribution in [-0.4, -0.2) is 59.2 Å². The van der Waals surface area contributed by atoms with Crippen molar-refractivity contribution in [3.63, 3.8) is 0 Å². The normalized spacial score (nSPS) is 23.7. The molecule has 0 saturated carbocycles. The summed E-state index contributed by atoms with van der Waals surface area (Å²) < 4.78 is 6.21. The molecule has 2 fully saturated rings. The molecular formula is C19H22N4O2. The molecule has 6 heteroatoms. The first kappa shape index (κ1) is 16.0. The van der Waals surface area contributed by atoms with Crippen molar-refractivity contribution in [2.75, 3.05) is 37.7 Å². The van der Waals surface area contributed by atoms with Gasteiger partial charge in [0, 0.05) is 43.8 Å². The van der Waals surface area contributed by atoms with E-state index in [0.717, 1.165) is 31.6 Å². The van der Waals surface area contributed by atoms with Gasteiger partial charge in [-0.15, -0.1) is 0 Å². The molecule has 25 heavy (non-hydrogen) atoms. The second kappa shape index (κ2) is 6.80. The quantitative estimate of drug-likeness (QED) is 0.838. The molecular weight excluding hydrogens is 316 g/mol. The van der Waals surface area contributed by atoms with Gasteiger partial charge in [0.2, 0.25) is 0 Å². The number of rotatable bonds is 2. The van der Waals surface area contributed by atoms with E-state index in [1.165, 1.54) is 0 Å². The van der Waals surface area contributed by atoms with Crippen molar-refractivity contribution in [3.05, 3.63) is 54.6 Å². The van der Waals surface area contributed by atoms with Gasteiger partial charge in [-0.3, -0.25) is 14.8 Å². The molecule has 0 bridgehead atoms. The number of hydrogen-bond acceptors (Lipinski definition) is 5. The number of morpholine rings is 1. The van der Waals surface area contributed by atoms with Crippen LogP contribution in [0.1, 0.15) is 23.2 Å². The number of nitrogens with zero attached hydrogens (tertiary/aromatic N) is 4. The van der Waals surface area contributed by atoms with Crippen molar-refractivity contribution in [1.29, 1.82) is 0 Å². The number of pyridine rings is 2. The summed E-state index contributed by atoms with van der Waals surface area (Å²) in [5, 5.41) is 0. The lowest BCUT2D eigenvalue weighted by atomic mass is 9.90. The zero-order chi connectivity index (χ0) is 17.1.